The van der Waals surface area contributed by atoms with Crippen molar-refractivity contribution >= 4 is 35.2 Å². The molecule has 1 heterocycles. The molecule has 0 fully saturated rings. The Hall–Kier alpha value is -5.54. The zero-order valence-corrected chi connectivity index (χ0v) is 24.9. The van der Waals surface area contributed by atoms with Crippen LogP contribution in [-0.4, -0.2) is 77.8 Å². The molecule has 0 aliphatic rings. The number of carbonyl (C=O) groups excluding carboxylic acids is 4. The van der Waals surface area contributed by atoms with E-state index in [9.17, 15) is 39.2 Å². The molecule has 4 N–H and O–H groups in total. The van der Waals surface area contributed by atoms with E-state index in [2.05, 4.69) is 31.4 Å². The summed E-state index contributed by atoms with van der Waals surface area (Å²) < 4.78 is 0. The van der Waals surface area contributed by atoms with E-state index in [1.807, 2.05) is 30.3 Å². The molecule has 0 bridgehead atoms. The Kier molecular flexibility index (Phi) is 11.9. The molecule has 1 unspecified atom stereocenters. The van der Waals surface area contributed by atoms with E-state index in [0.29, 0.717) is 12.0 Å². The van der Waals surface area contributed by atoms with Crippen LogP contribution in [0.4, 0.5) is 5.69 Å². The number of nitro benzene ring substituents is 1. The number of hydrogen-bond acceptors (Lipinski definition) is 10. The maximum absolute atomic E-state index is 13.0. The van der Waals surface area contributed by atoms with Crippen molar-refractivity contribution in [1.29, 1.82) is 0 Å². The third-order valence-corrected chi connectivity index (χ3v) is 6.67. The van der Waals surface area contributed by atoms with Crippen LogP contribution in [0.2, 0.25) is 0 Å². The number of aryl methyl sites for hydroxylation is 1. The number of benzene rings is 2. The van der Waals surface area contributed by atoms with Crippen LogP contribution in [0, 0.1) is 16.0 Å². The maximum Gasteiger partial charge on any atom is 0.305 e. The topological polar surface area (TPSA) is 228 Å². The molecule has 0 radical (unpaired) electrons. The van der Waals surface area contributed by atoms with Crippen LogP contribution >= 0.6 is 0 Å². The second-order valence-corrected chi connectivity index (χ2v) is 10.6. The molecule has 3 amide bonds. The van der Waals surface area contributed by atoms with Gasteiger partial charge in [0, 0.05) is 24.1 Å². The van der Waals surface area contributed by atoms with Crippen molar-refractivity contribution in [2.24, 2.45) is 5.92 Å². The summed E-state index contributed by atoms with van der Waals surface area (Å²) in [4.78, 5) is 74.1. The Morgan fingerprint density at radius 3 is 2.20 bits per heavy atom. The molecule has 1 aromatic heterocycles. The normalized spacial score (nSPS) is 12.9. The molecular formula is C29H34N8O8. The molecule has 0 aliphatic carbocycles. The van der Waals surface area contributed by atoms with Gasteiger partial charge in [-0.3, -0.25) is 34.1 Å². The summed E-state index contributed by atoms with van der Waals surface area (Å²) in [5.41, 5.74) is 1.23. The number of ketones is 1. The van der Waals surface area contributed by atoms with Crippen molar-refractivity contribution < 1.29 is 34.0 Å². The van der Waals surface area contributed by atoms with Crippen molar-refractivity contribution in [3.63, 3.8) is 0 Å². The van der Waals surface area contributed by atoms with E-state index in [1.54, 1.807) is 13.8 Å². The number of carboxylic acid groups (broad SMARTS) is 1. The molecule has 16 nitrogen and oxygen atoms in total. The lowest BCUT2D eigenvalue weighted by Crippen LogP contribution is -2.56. The molecular weight excluding hydrogens is 588 g/mol. The van der Waals surface area contributed by atoms with Gasteiger partial charge < -0.3 is 21.1 Å². The monoisotopic (exact) mass is 622 g/mol. The van der Waals surface area contributed by atoms with E-state index < -0.39 is 59.6 Å². The fraction of sp³-hybridized carbons (Fsp3) is 0.379. The number of rotatable bonds is 16. The number of hydrogen-bond donors (Lipinski definition) is 4. The minimum absolute atomic E-state index is 0.0692. The van der Waals surface area contributed by atoms with Gasteiger partial charge in [-0.2, -0.15) is 4.80 Å². The Morgan fingerprint density at radius 2 is 1.60 bits per heavy atom. The first kappa shape index (κ1) is 34.0. The highest BCUT2D eigenvalue weighted by molar-refractivity contribution is 5.95. The first-order valence-electron chi connectivity index (χ1n) is 14.0. The average molecular weight is 623 g/mol. The van der Waals surface area contributed by atoms with E-state index in [-0.39, 0.29) is 29.8 Å². The highest BCUT2D eigenvalue weighted by Crippen LogP contribution is 2.18. The highest BCUT2D eigenvalue weighted by Gasteiger charge is 2.30. The molecule has 238 valence electrons. The first-order valence-corrected chi connectivity index (χ1v) is 14.0. The third kappa shape index (κ3) is 10.3. The van der Waals surface area contributed by atoms with E-state index in [0.717, 1.165) is 10.4 Å². The number of tetrazole rings is 1. The van der Waals surface area contributed by atoms with Crippen LogP contribution < -0.4 is 16.0 Å². The van der Waals surface area contributed by atoms with Gasteiger partial charge in [0.2, 0.25) is 23.5 Å². The van der Waals surface area contributed by atoms with Gasteiger partial charge in [-0.1, -0.05) is 44.2 Å². The van der Waals surface area contributed by atoms with Crippen molar-refractivity contribution in [2.75, 3.05) is 0 Å². The maximum atomic E-state index is 13.0. The third-order valence-electron chi connectivity index (χ3n) is 6.67. The fourth-order valence-corrected chi connectivity index (χ4v) is 4.18. The fourth-order valence-electron chi connectivity index (χ4n) is 4.18. The molecule has 3 aromatic rings. The number of aliphatic carboxylic acids is 1. The molecule has 45 heavy (non-hydrogen) atoms. The number of aromatic nitrogens is 4. The van der Waals surface area contributed by atoms with Gasteiger partial charge in [0.1, 0.15) is 24.7 Å². The summed E-state index contributed by atoms with van der Waals surface area (Å²) in [7, 11) is 0. The van der Waals surface area contributed by atoms with Crippen LogP contribution in [0.15, 0.2) is 54.6 Å². The minimum atomic E-state index is -1.48. The summed E-state index contributed by atoms with van der Waals surface area (Å²) in [6, 6.07) is 11.1. The van der Waals surface area contributed by atoms with Crippen LogP contribution in [0.5, 0.6) is 0 Å². The smallest absolute Gasteiger partial charge is 0.305 e. The van der Waals surface area contributed by atoms with Crippen LogP contribution in [0.25, 0.3) is 11.4 Å². The molecule has 0 saturated heterocycles. The first-order chi connectivity index (χ1) is 21.3. The molecule has 3 atom stereocenters. The molecule has 3 rings (SSSR count). The van der Waals surface area contributed by atoms with Crippen LogP contribution in [0.1, 0.15) is 39.2 Å². The average Bonchev–Trinajstić information content (AvgIpc) is 3.46. The van der Waals surface area contributed by atoms with Gasteiger partial charge >= 0.3 is 5.97 Å². The van der Waals surface area contributed by atoms with E-state index in [1.165, 1.54) is 31.2 Å². The number of nitrogens with one attached hydrogen (secondary N) is 3. The van der Waals surface area contributed by atoms with Gasteiger partial charge in [-0.25, -0.2) is 0 Å². The zero-order valence-electron chi connectivity index (χ0n) is 24.9. The van der Waals surface area contributed by atoms with Crippen LogP contribution in [0.3, 0.4) is 0 Å². The molecule has 0 aliphatic heterocycles. The zero-order chi connectivity index (χ0) is 33.1. The van der Waals surface area contributed by atoms with Gasteiger partial charge in [0.15, 0.2) is 5.78 Å². The summed E-state index contributed by atoms with van der Waals surface area (Å²) in [5, 5.41) is 39.4. The highest BCUT2D eigenvalue weighted by atomic mass is 16.6. The predicted molar refractivity (Wildman–Crippen MR) is 158 cm³/mol. The number of amides is 3. The summed E-state index contributed by atoms with van der Waals surface area (Å²) in [5.74, 6) is -4.13. The Morgan fingerprint density at radius 1 is 0.933 bits per heavy atom. The Balaban J connectivity index is 1.58. The summed E-state index contributed by atoms with van der Waals surface area (Å²) in [6.07, 6.45) is -0.105. The van der Waals surface area contributed by atoms with E-state index in [4.69, 9.17) is 0 Å². The lowest BCUT2D eigenvalue weighted by Gasteiger charge is -2.25. The van der Waals surface area contributed by atoms with Gasteiger partial charge in [-0.05, 0) is 42.2 Å². The Bertz CT molecular complexity index is 1520. The molecule has 2 aromatic carbocycles. The van der Waals surface area contributed by atoms with E-state index >= 15 is 0 Å². The van der Waals surface area contributed by atoms with Crippen molar-refractivity contribution in [3.8, 4) is 11.4 Å². The SMILES string of the molecule is CC(C)[C@H](NC(=O)CCc1ccccc1)C(=O)N[C@@H](C)C(=O)NC(CC(=O)O)C(=O)Cn1nnc(-c2ccc([N+](=O)[O-])cc2)n1. The van der Waals surface area contributed by atoms with Crippen molar-refractivity contribution in [1.82, 2.24) is 36.2 Å². The Labute approximate surface area is 257 Å². The second-order valence-electron chi connectivity index (χ2n) is 10.6. The number of non-ortho nitro benzene ring substituents is 1. The minimum Gasteiger partial charge on any atom is -0.481 e. The van der Waals surface area contributed by atoms with Crippen molar-refractivity contribution in [3.05, 3.63) is 70.3 Å². The number of carboxylic acids is 1. The van der Waals surface area contributed by atoms with Crippen molar-refractivity contribution in [2.45, 2.75) is 64.7 Å². The summed E-state index contributed by atoms with van der Waals surface area (Å²) in [6.45, 7) is 4.29. The largest absolute Gasteiger partial charge is 0.481 e. The van der Waals surface area contributed by atoms with Gasteiger partial charge in [-0.15, -0.1) is 10.2 Å². The van der Waals surface area contributed by atoms with Gasteiger partial charge in [0.05, 0.1) is 11.3 Å². The van der Waals surface area contributed by atoms with Crippen LogP contribution in [-0.2, 0) is 36.9 Å². The predicted octanol–water partition coefficient (Wildman–Crippen LogP) is 1.06. The quantitative estimate of drug-likeness (QED) is 0.130. The molecule has 16 heteroatoms. The number of Topliss-reactive ketones (excluding diaryl/α,β-unsaturated/α-hetero) is 1. The number of carbonyl (C=O) groups is 5. The molecule has 0 saturated carbocycles. The molecule has 0 spiro atoms. The lowest BCUT2D eigenvalue weighted by atomic mass is 10.0. The number of nitrogens with zero attached hydrogens (tertiary/aromatic N) is 5. The lowest BCUT2D eigenvalue weighted by molar-refractivity contribution is -0.384. The standard InChI is InChI=1S/C29H34N8O8/c1-17(2)26(32-24(39)14-9-19-7-5-4-6-8-19)29(43)30-18(3)28(42)31-22(15-25(40)41)23(38)16-36-34-27(33-35-36)20-10-12-21(13-11-20)37(44)45/h4-8,10-13,17-18,22,26H,9,14-16H2,1-3H3,(H,30,43)(H,31,42)(H,32,39)(H,40,41)/t18-,22?,26-/m0/s1. The number of nitro groups is 1. The second kappa shape index (κ2) is 15.8. The van der Waals surface area contributed by atoms with Gasteiger partial charge in [0.25, 0.3) is 5.69 Å². The summed E-state index contributed by atoms with van der Waals surface area (Å²) >= 11 is 0.